The van der Waals surface area contributed by atoms with Crippen LogP contribution in [-0.2, 0) is 6.42 Å². The van der Waals surface area contributed by atoms with Crippen LogP contribution in [0.1, 0.15) is 11.1 Å². The number of halogens is 1. The molecule has 0 aliphatic carbocycles. The van der Waals surface area contributed by atoms with Gasteiger partial charge in [-0.15, -0.1) is 0 Å². The Bertz CT molecular complexity index is 646. The lowest BCUT2D eigenvalue weighted by molar-refractivity contribution is 0.211. The van der Waals surface area contributed by atoms with Crippen molar-refractivity contribution in [3.63, 3.8) is 0 Å². The predicted octanol–water partition coefficient (Wildman–Crippen LogP) is 3.62. The molecular weight excluding hydrogens is 314 g/mol. The summed E-state index contributed by atoms with van der Waals surface area (Å²) in [5, 5.41) is 0.517. The van der Waals surface area contributed by atoms with E-state index in [1.807, 2.05) is 43.3 Å². The van der Waals surface area contributed by atoms with Gasteiger partial charge in [-0.3, -0.25) is 0 Å². The van der Waals surface area contributed by atoms with Gasteiger partial charge in [0.05, 0.1) is 12.1 Å². The number of hydrogen-bond donors (Lipinski definition) is 1. The molecule has 0 aromatic heterocycles. The van der Waals surface area contributed by atoms with E-state index in [1.165, 1.54) is 0 Å². The Labute approximate surface area is 142 Å². The molecule has 0 unspecified atom stereocenters. The van der Waals surface area contributed by atoms with Crippen molar-refractivity contribution in [2.75, 3.05) is 26.9 Å². The molecule has 0 aliphatic heterocycles. The monoisotopic (exact) mass is 335 g/mol. The highest BCUT2D eigenvalue weighted by molar-refractivity contribution is 6.32. The number of aryl methyl sites for hydroxylation is 1. The highest BCUT2D eigenvalue weighted by Crippen LogP contribution is 2.36. The number of benzene rings is 2. The van der Waals surface area contributed by atoms with Crippen molar-refractivity contribution in [2.45, 2.75) is 13.3 Å². The molecule has 0 amide bonds. The van der Waals surface area contributed by atoms with Crippen LogP contribution in [0.4, 0.5) is 0 Å². The van der Waals surface area contributed by atoms with Crippen LogP contribution in [0.15, 0.2) is 36.4 Å². The van der Waals surface area contributed by atoms with Crippen LogP contribution in [0.5, 0.6) is 17.2 Å². The molecule has 0 spiro atoms. The Morgan fingerprint density at radius 2 is 1.87 bits per heavy atom. The van der Waals surface area contributed by atoms with Crippen LogP contribution in [0.25, 0.3) is 0 Å². The average molecular weight is 336 g/mol. The molecule has 0 saturated heterocycles. The minimum Gasteiger partial charge on any atom is -0.493 e. The smallest absolute Gasteiger partial charge is 0.179 e. The van der Waals surface area contributed by atoms with Crippen molar-refractivity contribution in [3.05, 3.63) is 52.5 Å². The van der Waals surface area contributed by atoms with Crippen LogP contribution in [0, 0.1) is 6.92 Å². The first kappa shape index (κ1) is 17.4. The number of hydrogen-bond acceptors (Lipinski definition) is 4. The van der Waals surface area contributed by atoms with Crippen molar-refractivity contribution in [2.24, 2.45) is 5.73 Å². The van der Waals surface area contributed by atoms with Gasteiger partial charge < -0.3 is 19.9 Å². The van der Waals surface area contributed by atoms with E-state index in [2.05, 4.69) is 0 Å². The lowest BCUT2D eigenvalue weighted by Gasteiger charge is -2.14. The third-order valence-electron chi connectivity index (χ3n) is 3.31. The molecule has 0 bridgehead atoms. The zero-order valence-corrected chi connectivity index (χ0v) is 14.2. The Morgan fingerprint density at radius 3 is 2.57 bits per heavy atom. The van der Waals surface area contributed by atoms with E-state index >= 15 is 0 Å². The third kappa shape index (κ3) is 5.05. The molecule has 2 aromatic rings. The van der Waals surface area contributed by atoms with Gasteiger partial charge in [0.2, 0.25) is 0 Å². The Balaban J connectivity index is 1.94. The molecule has 2 aromatic carbocycles. The second-order valence-corrected chi connectivity index (χ2v) is 5.57. The Hall–Kier alpha value is -1.91. The number of ether oxygens (including phenoxy) is 3. The summed E-state index contributed by atoms with van der Waals surface area (Å²) in [6.07, 6.45) is 0.743. The summed E-state index contributed by atoms with van der Waals surface area (Å²) >= 11 is 6.28. The van der Waals surface area contributed by atoms with Gasteiger partial charge in [-0.2, -0.15) is 0 Å². The van der Waals surface area contributed by atoms with Gasteiger partial charge in [-0.1, -0.05) is 23.7 Å². The van der Waals surface area contributed by atoms with Gasteiger partial charge in [0.15, 0.2) is 11.5 Å². The predicted molar refractivity (Wildman–Crippen MR) is 92.9 cm³/mol. The first-order valence-electron chi connectivity index (χ1n) is 7.52. The topological polar surface area (TPSA) is 53.7 Å². The summed E-state index contributed by atoms with van der Waals surface area (Å²) in [5.41, 5.74) is 7.75. The number of nitrogens with two attached hydrogens (primary N) is 1. The van der Waals surface area contributed by atoms with Crippen LogP contribution >= 0.6 is 11.6 Å². The molecule has 124 valence electrons. The van der Waals surface area contributed by atoms with Gasteiger partial charge in [-0.05, 0) is 55.3 Å². The van der Waals surface area contributed by atoms with Gasteiger partial charge in [-0.25, -0.2) is 0 Å². The summed E-state index contributed by atoms with van der Waals surface area (Å²) < 4.78 is 16.7. The minimum absolute atomic E-state index is 0.375. The lowest BCUT2D eigenvalue weighted by Crippen LogP contribution is -2.10. The van der Waals surface area contributed by atoms with Crippen molar-refractivity contribution in [1.29, 1.82) is 0 Å². The van der Waals surface area contributed by atoms with Crippen LogP contribution in [-0.4, -0.2) is 26.9 Å². The molecule has 0 radical (unpaired) electrons. The fourth-order valence-electron chi connectivity index (χ4n) is 2.23. The summed E-state index contributed by atoms with van der Waals surface area (Å²) in [5.74, 6) is 1.96. The molecule has 2 rings (SSSR count). The van der Waals surface area contributed by atoms with Crippen LogP contribution in [0.3, 0.4) is 0 Å². The maximum absolute atomic E-state index is 6.28. The molecule has 0 fully saturated rings. The van der Waals surface area contributed by atoms with E-state index < -0.39 is 0 Å². The van der Waals surface area contributed by atoms with Crippen molar-refractivity contribution < 1.29 is 14.2 Å². The van der Waals surface area contributed by atoms with Crippen molar-refractivity contribution >= 4 is 11.6 Å². The molecule has 5 heteroatoms. The standard InChI is InChI=1S/C18H22ClNO3/c1-13-4-3-5-15(10-13)22-8-9-23-18-16(19)11-14(6-7-20)12-17(18)21-2/h3-5,10-12H,6-9,20H2,1-2H3. The largest absolute Gasteiger partial charge is 0.493 e. The summed E-state index contributed by atoms with van der Waals surface area (Å²) in [6.45, 7) is 3.38. The minimum atomic E-state index is 0.375. The average Bonchev–Trinajstić information content (AvgIpc) is 2.53. The molecule has 0 saturated carbocycles. The third-order valence-corrected chi connectivity index (χ3v) is 3.59. The molecular formula is C18H22ClNO3. The fraction of sp³-hybridized carbons (Fsp3) is 0.333. The van der Waals surface area contributed by atoms with Crippen LogP contribution < -0.4 is 19.9 Å². The summed E-state index contributed by atoms with van der Waals surface area (Å²) in [6, 6.07) is 11.6. The van der Waals surface area contributed by atoms with Gasteiger partial charge in [0.1, 0.15) is 19.0 Å². The van der Waals surface area contributed by atoms with E-state index in [0.717, 1.165) is 23.3 Å². The van der Waals surface area contributed by atoms with Crippen molar-refractivity contribution in [1.82, 2.24) is 0 Å². The molecule has 23 heavy (non-hydrogen) atoms. The van der Waals surface area contributed by atoms with E-state index in [1.54, 1.807) is 7.11 Å². The van der Waals surface area contributed by atoms with E-state index in [-0.39, 0.29) is 0 Å². The highest BCUT2D eigenvalue weighted by atomic mass is 35.5. The maximum Gasteiger partial charge on any atom is 0.179 e. The molecule has 0 atom stereocenters. The SMILES string of the molecule is COc1cc(CCN)cc(Cl)c1OCCOc1cccc(C)c1. The number of methoxy groups -OCH3 is 1. The zero-order valence-electron chi connectivity index (χ0n) is 13.5. The Morgan fingerprint density at radius 1 is 1.09 bits per heavy atom. The van der Waals surface area contributed by atoms with Crippen LogP contribution in [0.2, 0.25) is 5.02 Å². The first-order valence-corrected chi connectivity index (χ1v) is 7.90. The van der Waals surface area contributed by atoms with E-state index in [9.17, 15) is 0 Å². The molecule has 4 nitrogen and oxygen atoms in total. The van der Waals surface area contributed by atoms with E-state index in [4.69, 9.17) is 31.5 Å². The Kier molecular flexibility index (Phi) is 6.56. The number of rotatable bonds is 8. The highest BCUT2D eigenvalue weighted by Gasteiger charge is 2.12. The molecule has 0 aliphatic rings. The maximum atomic E-state index is 6.28. The van der Waals surface area contributed by atoms with E-state index in [0.29, 0.717) is 36.3 Å². The summed E-state index contributed by atoms with van der Waals surface area (Å²) in [4.78, 5) is 0. The first-order chi connectivity index (χ1) is 11.1. The van der Waals surface area contributed by atoms with Gasteiger partial charge >= 0.3 is 0 Å². The molecule has 0 heterocycles. The normalized spacial score (nSPS) is 10.4. The quantitative estimate of drug-likeness (QED) is 0.749. The second kappa shape index (κ2) is 8.65. The molecule has 2 N–H and O–H groups in total. The zero-order chi connectivity index (χ0) is 16.7. The lowest BCUT2D eigenvalue weighted by atomic mass is 10.1. The summed E-state index contributed by atoms with van der Waals surface area (Å²) in [7, 11) is 1.59. The van der Waals surface area contributed by atoms with Crippen molar-refractivity contribution in [3.8, 4) is 17.2 Å². The van der Waals surface area contributed by atoms with Gasteiger partial charge in [0, 0.05) is 0 Å². The van der Waals surface area contributed by atoms with Gasteiger partial charge in [0.25, 0.3) is 0 Å². The second-order valence-electron chi connectivity index (χ2n) is 5.16. The fourth-order valence-corrected chi connectivity index (χ4v) is 2.52.